The van der Waals surface area contributed by atoms with Crippen LogP contribution < -0.4 is 5.32 Å². The van der Waals surface area contributed by atoms with Gasteiger partial charge in [0.1, 0.15) is 0 Å². The van der Waals surface area contributed by atoms with E-state index in [1.165, 1.54) is 0 Å². The summed E-state index contributed by atoms with van der Waals surface area (Å²) >= 11 is 0. The van der Waals surface area contributed by atoms with E-state index < -0.39 is 11.6 Å². The summed E-state index contributed by atoms with van der Waals surface area (Å²) in [6.45, 7) is 2.29. The molecule has 2 fully saturated rings. The van der Waals surface area contributed by atoms with Crippen LogP contribution in [0.4, 0.5) is 13.2 Å². The van der Waals surface area contributed by atoms with Crippen LogP contribution in [0.3, 0.4) is 0 Å². The van der Waals surface area contributed by atoms with Gasteiger partial charge in [-0.3, -0.25) is 0 Å². The predicted molar refractivity (Wildman–Crippen MR) is 69.9 cm³/mol. The van der Waals surface area contributed by atoms with Gasteiger partial charge in [-0.25, -0.2) is 0 Å². The maximum Gasteiger partial charge on any atom is 0.404 e. The van der Waals surface area contributed by atoms with E-state index in [0.717, 1.165) is 25.7 Å². The van der Waals surface area contributed by atoms with Crippen molar-refractivity contribution in [3.05, 3.63) is 11.7 Å². The first-order valence-electron chi connectivity index (χ1n) is 7.54. The Kier molecular flexibility index (Phi) is 3.71. The van der Waals surface area contributed by atoms with Gasteiger partial charge in [-0.2, -0.15) is 18.2 Å². The summed E-state index contributed by atoms with van der Waals surface area (Å²) in [6.07, 6.45) is -0.324. The average Bonchev–Trinajstić information content (AvgIpc) is 3.08. The van der Waals surface area contributed by atoms with Crippen LogP contribution in [0.1, 0.15) is 56.7 Å². The van der Waals surface area contributed by atoms with Crippen molar-refractivity contribution in [2.45, 2.75) is 56.5 Å². The minimum absolute atomic E-state index is 0.0425. The average molecular weight is 303 g/mol. The molecule has 1 aliphatic heterocycles. The number of nitrogens with one attached hydrogen (secondary N) is 1. The lowest BCUT2D eigenvalue weighted by Gasteiger charge is -2.26. The first kappa shape index (κ1) is 14.8. The van der Waals surface area contributed by atoms with Crippen molar-refractivity contribution in [3.8, 4) is 0 Å². The number of alkyl halides is 3. The first-order chi connectivity index (χ1) is 9.92. The van der Waals surface area contributed by atoms with Crippen LogP contribution in [-0.4, -0.2) is 29.4 Å². The van der Waals surface area contributed by atoms with Gasteiger partial charge in [-0.15, -0.1) is 0 Å². The molecule has 1 aromatic rings. The van der Waals surface area contributed by atoms with Crippen molar-refractivity contribution >= 4 is 0 Å². The van der Waals surface area contributed by atoms with Gasteiger partial charge < -0.3 is 9.84 Å². The Morgan fingerprint density at radius 2 is 2.14 bits per heavy atom. The molecular weight excluding hydrogens is 283 g/mol. The quantitative estimate of drug-likeness (QED) is 0.912. The maximum absolute atomic E-state index is 13.4. The highest BCUT2D eigenvalue weighted by Crippen LogP contribution is 2.45. The Balaban J connectivity index is 1.86. The molecule has 0 aromatic carbocycles. The van der Waals surface area contributed by atoms with Crippen molar-refractivity contribution in [1.29, 1.82) is 0 Å². The van der Waals surface area contributed by atoms with E-state index in [9.17, 15) is 13.2 Å². The molecule has 1 saturated heterocycles. The zero-order chi connectivity index (χ0) is 15.1. The van der Waals surface area contributed by atoms with Crippen molar-refractivity contribution in [1.82, 2.24) is 15.5 Å². The molecule has 1 N–H and O–H groups in total. The van der Waals surface area contributed by atoms with Gasteiger partial charge in [0.05, 0.1) is 0 Å². The number of aromatic nitrogens is 2. The lowest BCUT2D eigenvalue weighted by atomic mass is 9.82. The van der Waals surface area contributed by atoms with Gasteiger partial charge in [0, 0.05) is 12.5 Å². The Bertz CT molecular complexity index is 494. The number of hydrogen-bond acceptors (Lipinski definition) is 4. The van der Waals surface area contributed by atoms with E-state index in [1.54, 1.807) is 0 Å². The second-order valence-corrected chi connectivity index (χ2v) is 6.43. The van der Waals surface area contributed by atoms with Gasteiger partial charge in [-0.05, 0) is 31.7 Å². The molecule has 0 amide bonds. The highest BCUT2D eigenvalue weighted by molar-refractivity contribution is 5.15. The topological polar surface area (TPSA) is 51.0 Å². The van der Waals surface area contributed by atoms with Crippen molar-refractivity contribution in [2.75, 3.05) is 13.1 Å². The van der Waals surface area contributed by atoms with Gasteiger partial charge in [0.15, 0.2) is 11.2 Å². The van der Waals surface area contributed by atoms with Crippen LogP contribution >= 0.6 is 0 Å². The predicted octanol–water partition coefficient (Wildman–Crippen LogP) is 3.16. The zero-order valence-corrected chi connectivity index (χ0v) is 12.0. The second-order valence-electron chi connectivity index (χ2n) is 6.43. The highest BCUT2D eigenvalue weighted by Gasteiger charge is 2.61. The Morgan fingerprint density at radius 1 is 1.33 bits per heavy atom. The minimum Gasteiger partial charge on any atom is -0.338 e. The number of nitrogens with zero attached hydrogens (tertiary/aromatic N) is 2. The summed E-state index contributed by atoms with van der Waals surface area (Å²) in [5.41, 5.74) is -2.02. The fourth-order valence-corrected chi connectivity index (χ4v) is 3.50. The lowest BCUT2D eigenvalue weighted by molar-refractivity contribution is -0.191. The molecule has 1 aromatic heterocycles. The highest BCUT2D eigenvalue weighted by atomic mass is 19.4. The fraction of sp³-hybridized carbons (Fsp3) is 0.857. The smallest absolute Gasteiger partial charge is 0.338 e. The standard InChI is InChI=1S/C14H20F3N3O/c1-9-3-2-4-10(7-9)11-19-12(21-20-11)13(14(15,16)17)5-6-18-8-13/h9-10,18H,2-8H2,1H3. The van der Waals surface area contributed by atoms with Crippen molar-refractivity contribution in [3.63, 3.8) is 0 Å². The summed E-state index contributed by atoms with van der Waals surface area (Å²) in [5.74, 6) is 0.877. The molecule has 1 aliphatic carbocycles. The summed E-state index contributed by atoms with van der Waals surface area (Å²) in [7, 11) is 0. The number of hydrogen-bond donors (Lipinski definition) is 1. The number of halogens is 3. The Labute approximate surface area is 121 Å². The first-order valence-corrected chi connectivity index (χ1v) is 7.54. The van der Waals surface area contributed by atoms with E-state index in [2.05, 4.69) is 22.4 Å². The SMILES string of the molecule is CC1CCCC(c2noc(C3(C(F)(F)F)CCNC3)n2)C1. The Morgan fingerprint density at radius 3 is 2.76 bits per heavy atom. The van der Waals surface area contributed by atoms with E-state index in [-0.39, 0.29) is 24.8 Å². The molecule has 0 spiro atoms. The van der Waals surface area contributed by atoms with Crippen LogP contribution in [0, 0.1) is 5.92 Å². The molecule has 3 atom stereocenters. The summed E-state index contributed by atoms with van der Waals surface area (Å²) in [4.78, 5) is 4.15. The van der Waals surface area contributed by atoms with Crippen LogP contribution in [0.5, 0.6) is 0 Å². The van der Waals surface area contributed by atoms with E-state index >= 15 is 0 Å². The minimum atomic E-state index is -4.37. The third kappa shape index (κ3) is 2.56. The summed E-state index contributed by atoms with van der Waals surface area (Å²) in [6, 6.07) is 0. The third-order valence-corrected chi connectivity index (χ3v) is 4.85. The van der Waals surface area contributed by atoms with Crippen molar-refractivity contribution < 1.29 is 17.7 Å². The van der Waals surface area contributed by atoms with E-state index in [1.807, 2.05) is 0 Å². The van der Waals surface area contributed by atoms with Gasteiger partial charge in [0.2, 0.25) is 5.89 Å². The summed E-state index contributed by atoms with van der Waals surface area (Å²) < 4.78 is 45.4. The molecule has 118 valence electrons. The lowest BCUT2D eigenvalue weighted by Crippen LogP contribution is -2.44. The van der Waals surface area contributed by atoms with Crippen molar-refractivity contribution in [2.24, 2.45) is 5.92 Å². The van der Waals surface area contributed by atoms with Crippen LogP contribution in [-0.2, 0) is 5.41 Å². The van der Waals surface area contributed by atoms with Crippen LogP contribution in [0.25, 0.3) is 0 Å². The molecule has 21 heavy (non-hydrogen) atoms. The number of rotatable bonds is 2. The molecular formula is C14H20F3N3O. The largest absolute Gasteiger partial charge is 0.404 e. The molecule has 3 rings (SSSR count). The molecule has 3 unspecified atom stereocenters. The molecule has 0 radical (unpaired) electrons. The molecule has 4 nitrogen and oxygen atoms in total. The maximum atomic E-state index is 13.4. The van der Waals surface area contributed by atoms with Crippen LogP contribution in [0.15, 0.2) is 4.52 Å². The second kappa shape index (κ2) is 5.26. The van der Waals surface area contributed by atoms with E-state index in [4.69, 9.17) is 4.52 Å². The normalized spacial score (nSPS) is 34.3. The van der Waals surface area contributed by atoms with Crippen LogP contribution in [0.2, 0.25) is 0 Å². The Hall–Kier alpha value is -1.11. The van der Waals surface area contributed by atoms with Gasteiger partial charge in [0.25, 0.3) is 0 Å². The third-order valence-electron chi connectivity index (χ3n) is 4.85. The molecule has 2 aliphatic rings. The summed E-state index contributed by atoms with van der Waals surface area (Å²) in [5, 5.41) is 6.63. The molecule has 2 heterocycles. The van der Waals surface area contributed by atoms with E-state index in [0.29, 0.717) is 18.3 Å². The fourth-order valence-electron chi connectivity index (χ4n) is 3.50. The van der Waals surface area contributed by atoms with Gasteiger partial charge in [-0.1, -0.05) is 24.9 Å². The van der Waals surface area contributed by atoms with Gasteiger partial charge >= 0.3 is 6.18 Å². The molecule has 7 heteroatoms. The molecule has 0 bridgehead atoms. The molecule has 1 saturated carbocycles. The monoisotopic (exact) mass is 303 g/mol. The zero-order valence-electron chi connectivity index (χ0n) is 12.0.